The molecule has 2 aromatic heterocycles. The van der Waals surface area contributed by atoms with Crippen molar-refractivity contribution in [2.45, 2.75) is 45.6 Å². The van der Waals surface area contributed by atoms with Crippen LogP contribution in [0.5, 0.6) is 0 Å². The first kappa shape index (κ1) is 11.6. The van der Waals surface area contributed by atoms with Crippen molar-refractivity contribution < 1.29 is 0 Å². The number of hydrogen-bond donors (Lipinski definition) is 1. The molecule has 2 atom stereocenters. The van der Waals surface area contributed by atoms with Crippen LogP contribution in [0.4, 0.5) is 5.95 Å². The van der Waals surface area contributed by atoms with Crippen LogP contribution in [0.1, 0.15) is 44.3 Å². The molecule has 0 aliphatic heterocycles. The van der Waals surface area contributed by atoms with E-state index >= 15 is 0 Å². The zero-order valence-electron chi connectivity index (χ0n) is 11.3. The van der Waals surface area contributed by atoms with Crippen molar-refractivity contribution in [3.63, 3.8) is 0 Å². The highest BCUT2D eigenvalue weighted by atomic mass is 15.4. The van der Waals surface area contributed by atoms with Gasteiger partial charge in [-0.1, -0.05) is 19.8 Å². The molecule has 1 fully saturated rings. The Morgan fingerprint density at radius 2 is 2.00 bits per heavy atom. The Bertz CT molecular complexity index is 580. The van der Waals surface area contributed by atoms with Gasteiger partial charge in [0, 0.05) is 13.1 Å². The number of nitrogens with two attached hydrogens (primary N) is 1. The van der Waals surface area contributed by atoms with E-state index in [0.717, 1.165) is 16.9 Å². The predicted molar refractivity (Wildman–Crippen MR) is 72.3 cm³/mol. The van der Waals surface area contributed by atoms with Crippen molar-refractivity contribution in [3.05, 3.63) is 5.69 Å². The summed E-state index contributed by atoms with van der Waals surface area (Å²) in [6, 6.07) is 0.471. The summed E-state index contributed by atoms with van der Waals surface area (Å²) in [5.41, 5.74) is 9.12. The molecule has 1 saturated carbocycles. The van der Waals surface area contributed by atoms with Crippen LogP contribution in [0.25, 0.3) is 11.2 Å². The standard InChI is InChI=1S/C13H21N5/c1-8-6-4-5-7-10(8)18-12-11(15-13(18)14)9(2)16-17(12)3/h8,10H,4-7H2,1-3H3,(H2,14,15). The summed E-state index contributed by atoms with van der Waals surface area (Å²) in [4.78, 5) is 4.50. The van der Waals surface area contributed by atoms with Gasteiger partial charge >= 0.3 is 0 Å². The van der Waals surface area contributed by atoms with Crippen molar-refractivity contribution >= 4 is 17.1 Å². The summed E-state index contributed by atoms with van der Waals surface area (Å²) in [7, 11) is 1.97. The van der Waals surface area contributed by atoms with Crippen LogP contribution in [0, 0.1) is 12.8 Å². The molecule has 3 rings (SSSR count). The van der Waals surface area contributed by atoms with E-state index in [-0.39, 0.29) is 0 Å². The van der Waals surface area contributed by atoms with Crippen LogP contribution in [0.15, 0.2) is 0 Å². The third-order valence-corrected chi connectivity index (χ3v) is 4.26. The summed E-state index contributed by atoms with van der Waals surface area (Å²) in [5, 5.41) is 4.45. The first-order valence-corrected chi connectivity index (χ1v) is 6.76. The quantitative estimate of drug-likeness (QED) is 0.841. The Morgan fingerprint density at radius 1 is 1.28 bits per heavy atom. The summed E-state index contributed by atoms with van der Waals surface area (Å²) in [5.74, 6) is 1.30. The Hall–Kier alpha value is -1.52. The first-order chi connectivity index (χ1) is 8.59. The molecule has 5 nitrogen and oxygen atoms in total. The van der Waals surface area contributed by atoms with Gasteiger partial charge in [0.15, 0.2) is 5.65 Å². The summed E-state index contributed by atoms with van der Waals surface area (Å²) >= 11 is 0. The third kappa shape index (κ3) is 1.53. The Balaban J connectivity index is 2.18. The van der Waals surface area contributed by atoms with Gasteiger partial charge in [-0.3, -0.25) is 9.25 Å². The molecule has 0 amide bonds. The molecule has 0 bridgehead atoms. The summed E-state index contributed by atoms with van der Waals surface area (Å²) < 4.78 is 4.12. The van der Waals surface area contributed by atoms with Gasteiger partial charge in [-0.2, -0.15) is 5.10 Å². The van der Waals surface area contributed by atoms with Crippen molar-refractivity contribution in [2.75, 3.05) is 5.73 Å². The van der Waals surface area contributed by atoms with E-state index < -0.39 is 0 Å². The molecule has 0 saturated heterocycles. The number of anilines is 1. The number of fused-ring (bicyclic) bond motifs is 1. The topological polar surface area (TPSA) is 61.7 Å². The van der Waals surface area contributed by atoms with Crippen LogP contribution in [0.3, 0.4) is 0 Å². The lowest BCUT2D eigenvalue weighted by atomic mass is 9.86. The van der Waals surface area contributed by atoms with Crippen LogP contribution in [-0.4, -0.2) is 19.3 Å². The highest BCUT2D eigenvalue weighted by Crippen LogP contribution is 2.37. The highest BCUT2D eigenvalue weighted by molar-refractivity contribution is 5.77. The number of rotatable bonds is 1. The maximum absolute atomic E-state index is 6.14. The number of aromatic nitrogens is 4. The highest BCUT2D eigenvalue weighted by Gasteiger charge is 2.28. The number of aryl methyl sites for hydroxylation is 2. The second kappa shape index (κ2) is 4.00. The zero-order valence-corrected chi connectivity index (χ0v) is 11.3. The average molecular weight is 247 g/mol. The van der Waals surface area contributed by atoms with Crippen molar-refractivity contribution in [1.29, 1.82) is 0 Å². The van der Waals surface area contributed by atoms with Crippen LogP contribution < -0.4 is 5.73 Å². The first-order valence-electron chi connectivity index (χ1n) is 6.76. The fraction of sp³-hybridized carbons (Fsp3) is 0.692. The van der Waals surface area contributed by atoms with E-state index in [1.54, 1.807) is 0 Å². The molecule has 0 spiro atoms. The Labute approximate surface area is 107 Å². The van der Waals surface area contributed by atoms with Crippen molar-refractivity contribution in [1.82, 2.24) is 19.3 Å². The van der Waals surface area contributed by atoms with Gasteiger partial charge in [-0.25, -0.2) is 4.98 Å². The fourth-order valence-electron chi connectivity index (χ4n) is 3.32. The molecule has 1 aliphatic rings. The predicted octanol–water partition coefficient (Wildman–Crippen LogP) is 2.41. The van der Waals surface area contributed by atoms with Crippen molar-refractivity contribution in [2.24, 2.45) is 13.0 Å². The number of imidazole rings is 1. The van der Waals surface area contributed by atoms with Crippen LogP contribution in [-0.2, 0) is 7.05 Å². The average Bonchev–Trinajstić information content (AvgIpc) is 2.79. The largest absolute Gasteiger partial charge is 0.369 e. The van der Waals surface area contributed by atoms with Gasteiger partial charge in [0.1, 0.15) is 5.52 Å². The molecule has 2 N–H and O–H groups in total. The molecule has 5 heteroatoms. The monoisotopic (exact) mass is 247 g/mol. The molecule has 0 radical (unpaired) electrons. The van der Waals surface area contributed by atoms with E-state index in [1.807, 2.05) is 18.7 Å². The minimum Gasteiger partial charge on any atom is -0.369 e. The molecule has 0 aromatic carbocycles. The number of hydrogen-bond acceptors (Lipinski definition) is 3. The number of nitrogen functional groups attached to an aromatic ring is 1. The van der Waals surface area contributed by atoms with Crippen molar-refractivity contribution in [3.8, 4) is 0 Å². The van der Waals surface area contributed by atoms with Crippen LogP contribution in [0.2, 0.25) is 0 Å². The van der Waals surface area contributed by atoms with Gasteiger partial charge in [0.2, 0.25) is 5.95 Å². The van der Waals surface area contributed by atoms with E-state index in [1.165, 1.54) is 25.7 Å². The van der Waals surface area contributed by atoms with E-state index in [4.69, 9.17) is 5.73 Å². The molecule has 18 heavy (non-hydrogen) atoms. The minimum absolute atomic E-state index is 0.471. The fourth-order valence-corrected chi connectivity index (χ4v) is 3.32. The van der Waals surface area contributed by atoms with Crippen LogP contribution >= 0.6 is 0 Å². The molecule has 1 aliphatic carbocycles. The van der Waals surface area contributed by atoms with E-state index in [2.05, 4.69) is 21.6 Å². The van der Waals surface area contributed by atoms with Gasteiger partial charge in [0.25, 0.3) is 0 Å². The second-order valence-electron chi connectivity index (χ2n) is 5.55. The number of nitrogens with zero attached hydrogens (tertiary/aromatic N) is 4. The van der Waals surface area contributed by atoms with E-state index in [0.29, 0.717) is 17.9 Å². The minimum atomic E-state index is 0.471. The lowest BCUT2D eigenvalue weighted by molar-refractivity contribution is 0.262. The summed E-state index contributed by atoms with van der Waals surface area (Å²) in [6.07, 6.45) is 5.09. The third-order valence-electron chi connectivity index (χ3n) is 4.26. The molecule has 98 valence electrons. The Morgan fingerprint density at radius 3 is 2.72 bits per heavy atom. The van der Waals surface area contributed by atoms with Gasteiger partial charge in [-0.15, -0.1) is 0 Å². The normalized spacial score (nSPS) is 24.8. The Kier molecular flexibility index (Phi) is 2.57. The molecule has 2 unspecified atom stereocenters. The summed E-state index contributed by atoms with van der Waals surface area (Å²) in [6.45, 7) is 4.31. The molecule has 2 aromatic rings. The smallest absolute Gasteiger partial charge is 0.202 e. The maximum atomic E-state index is 6.14. The van der Waals surface area contributed by atoms with E-state index in [9.17, 15) is 0 Å². The molecule has 2 heterocycles. The second-order valence-corrected chi connectivity index (χ2v) is 5.55. The van der Waals surface area contributed by atoms with Gasteiger partial charge < -0.3 is 5.73 Å². The lowest BCUT2D eigenvalue weighted by Crippen LogP contribution is -2.23. The molecular formula is C13H21N5. The van der Waals surface area contributed by atoms with Gasteiger partial charge in [-0.05, 0) is 25.7 Å². The molecular weight excluding hydrogens is 226 g/mol. The maximum Gasteiger partial charge on any atom is 0.202 e. The zero-order chi connectivity index (χ0) is 12.9. The SMILES string of the molecule is Cc1nn(C)c2c1nc(N)n2C1CCCCC1C. The lowest BCUT2D eigenvalue weighted by Gasteiger charge is -2.30. The van der Waals surface area contributed by atoms with Gasteiger partial charge in [0.05, 0.1) is 5.69 Å².